The molecule has 7 nitrogen and oxygen atoms in total. The number of ketones is 1. The van der Waals surface area contributed by atoms with Crippen LogP contribution in [0.4, 0.5) is 16.2 Å². The van der Waals surface area contributed by atoms with Gasteiger partial charge in [-0.1, -0.05) is 0 Å². The van der Waals surface area contributed by atoms with Crippen molar-refractivity contribution in [2.24, 2.45) is 0 Å². The highest BCUT2D eigenvalue weighted by Gasteiger charge is 2.26. The van der Waals surface area contributed by atoms with Gasteiger partial charge in [-0.05, 0) is 42.5 Å². The standard InChI is InChI=1S/C21H25N3O4/c1-23-12-13-24(21(23)26)17-7-5-16(6-8-17)22-11-10-18(25)15-4-9-19(27-2)20(14-15)28-3/h4-9,14,22H,10-13H2,1-3H3. The molecule has 7 heteroatoms. The molecule has 1 heterocycles. The van der Waals surface area contributed by atoms with E-state index >= 15 is 0 Å². The molecular formula is C21H25N3O4. The number of likely N-dealkylation sites (N-methyl/N-ethyl adjacent to an activating group) is 1. The van der Waals surface area contributed by atoms with Crippen molar-refractivity contribution in [3.05, 3.63) is 48.0 Å². The van der Waals surface area contributed by atoms with Crippen molar-refractivity contribution < 1.29 is 19.1 Å². The number of urea groups is 1. The second-order valence-corrected chi connectivity index (χ2v) is 6.57. The lowest BCUT2D eigenvalue weighted by atomic mass is 10.1. The van der Waals surface area contributed by atoms with E-state index in [4.69, 9.17) is 9.47 Å². The number of benzene rings is 2. The van der Waals surface area contributed by atoms with E-state index in [2.05, 4.69) is 5.32 Å². The molecule has 0 aromatic heterocycles. The number of hydrogen-bond acceptors (Lipinski definition) is 5. The Morgan fingerprint density at radius 2 is 1.75 bits per heavy atom. The third-order valence-electron chi connectivity index (χ3n) is 4.78. The number of carbonyl (C=O) groups is 2. The van der Waals surface area contributed by atoms with E-state index in [1.807, 2.05) is 24.3 Å². The van der Waals surface area contributed by atoms with Gasteiger partial charge in [-0.2, -0.15) is 0 Å². The van der Waals surface area contributed by atoms with Gasteiger partial charge >= 0.3 is 6.03 Å². The van der Waals surface area contributed by atoms with Gasteiger partial charge in [-0.3, -0.25) is 9.69 Å². The smallest absolute Gasteiger partial charge is 0.324 e. The first-order chi connectivity index (χ1) is 13.5. The SMILES string of the molecule is COc1ccc(C(=O)CCNc2ccc(N3CCN(C)C3=O)cc2)cc1OC. The number of methoxy groups -OCH3 is 2. The van der Waals surface area contributed by atoms with Crippen LogP contribution in [0.3, 0.4) is 0 Å². The summed E-state index contributed by atoms with van der Waals surface area (Å²) in [5.41, 5.74) is 2.37. The quantitative estimate of drug-likeness (QED) is 0.709. The number of amides is 2. The number of nitrogens with one attached hydrogen (secondary N) is 1. The Hall–Kier alpha value is -3.22. The van der Waals surface area contributed by atoms with Crippen molar-refractivity contribution in [2.45, 2.75) is 6.42 Å². The molecule has 2 amide bonds. The Kier molecular flexibility index (Phi) is 6.03. The van der Waals surface area contributed by atoms with Gasteiger partial charge in [0.15, 0.2) is 17.3 Å². The topological polar surface area (TPSA) is 71.1 Å². The fourth-order valence-corrected chi connectivity index (χ4v) is 3.12. The van der Waals surface area contributed by atoms with Crippen LogP contribution < -0.4 is 19.7 Å². The van der Waals surface area contributed by atoms with Crippen molar-refractivity contribution >= 4 is 23.2 Å². The average Bonchev–Trinajstić information content (AvgIpc) is 3.06. The van der Waals surface area contributed by atoms with Crippen LogP contribution in [0.15, 0.2) is 42.5 Å². The third-order valence-corrected chi connectivity index (χ3v) is 4.78. The van der Waals surface area contributed by atoms with Crippen LogP contribution >= 0.6 is 0 Å². The molecule has 0 saturated carbocycles. The second kappa shape index (κ2) is 8.65. The van der Waals surface area contributed by atoms with Crippen LogP contribution in [-0.2, 0) is 0 Å². The largest absolute Gasteiger partial charge is 0.493 e. The molecule has 0 unspecified atom stereocenters. The average molecular weight is 383 g/mol. The van der Waals surface area contributed by atoms with Crippen molar-refractivity contribution in [3.63, 3.8) is 0 Å². The highest BCUT2D eigenvalue weighted by molar-refractivity contribution is 5.97. The predicted octanol–water partition coefficient (Wildman–Crippen LogP) is 3.26. The summed E-state index contributed by atoms with van der Waals surface area (Å²) in [7, 11) is 4.91. The van der Waals surface area contributed by atoms with E-state index in [-0.39, 0.29) is 11.8 Å². The normalized spacial score (nSPS) is 13.6. The number of rotatable bonds is 8. The van der Waals surface area contributed by atoms with Gasteiger partial charge in [0.25, 0.3) is 0 Å². The summed E-state index contributed by atoms with van der Waals surface area (Å²) in [5.74, 6) is 1.16. The minimum absolute atomic E-state index is 0.0150. The molecule has 1 aliphatic rings. The molecule has 0 atom stereocenters. The van der Waals surface area contributed by atoms with Gasteiger partial charge in [0.1, 0.15) is 0 Å². The van der Waals surface area contributed by atoms with Crippen LogP contribution in [0.1, 0.15) is 16.8 Å². The van der Waals surface area contributed by atoms with Crippen molar-refractivity contribution in [1.82, 2.24) is 4.90 Å². The molecule has 1 saturated heterocycles. The number of anilines is 2. The summed E-state index contributed by atoms with van der Waals surface area (Å²) >= 11 is 0. The van der Waals surface area contributed by atoms with E-state index in [1.54, 1.807) is 49.3 Å². The van der Waals surface area contributed by atoms with Gasteiger partial charge in [-0.25, -0.2) is 4.79 Å². The minimum atomic E-state index is 0.0150. The molecule has 2 aromatic carbocycles. The number of hydrogen-bond donors (Lipinski definition) is 1. The van der Waals surface area contributed by atoms with Crippen LogP contribution in [0.5, 0.6) is 11.5 Å². The maximum absolute atomic E-state index is 12.4. The van der Waals surface area contributed by atoms with Gasteiger partial charge in [0.2, 0.25) is 0 Å². The zero-order valence-electron chi connectivity index (χ0n) is 16.4. The number of carbonyl (C=O) groups excluding carboxylic acids is 2. The highest BCUT2D eigenvalue weighted by atomic mass is 16.5. The van der Waals surface area contributed by atoms with E-state index < -0.39 is 0 Å². The Bertz CT molecular complexity index is 851. The molecule has 28 heavy (non-hydrogen) atoms. The van der Waals surface area contributed by atoms with Gasteiger partial charge in [0, 0.05) is 50.0 Å². The summed E-state index contributed by atoms with van der Waals surface area (Å²) in [5, 5.41) is 3.24. The molecule has 148 valence electrons. The molecule has 2 aromatic rings. The molecule has 1 fully saturated rings. The number of ether oxygens (including phenoxy) is 2. The highest BCUT2D eigenvalue weighted by Crippen LogP contribution is 2.28. The zero-order chi connectivity index (χ0) is 20.1. The van der Waals surface area contributed by atoms with Crippen molar-refractivity contribution in [3.8, 4) is 11.5 Å². The molecular weight excluding hydrogens is 358 g/mol. The lowest BCUT2D eigenvalue weighted by Gasteiger charge is -2.16. The maximum Gasteiger partial charge on any atom is 0.324 e. The molecule has 0 aliphatic carbocycles. The fourth-order valence-electron chi connectivity index (χ4n) is 3.12. The lowest BCUT2D eigenvalue weighted by Crippen LogP contribution is -2.29. The van der Waals surface area contributed by atoms with Crippen molar-refractivity contribution in [1.29, 1.82) is 0 Å². The van der Waals surface area contributed by atoms with E-state index in [0.717, 1.165) is 17.9 Å². The van der Waals surface area contributed by atoms with E-state index in [9.17, 15) is 9.59 Å². The molecule has 0 radical (unpaired) electrons. The first kappa shape index (κ1) is 19.5. The summed E-state index contributed by atoms with van der Waals surface area (Å²) in [6.45, 7) is 1.94. The predicted molar refractivity (Wildman–Crippen MR) is 109 cm³/mol. The Balaban J connectivity index is 1.53. The molecule has 0 spiro atoms. The lowest BCUT2D eigenvalue weighted by molar-refractivity contribution is 0.0986. The first-order valence-electron chi connectivity index (χ1n) is 9.15. The van der Waals surface area contributed by atoms with E-state index in [0.29, 0.717) is 36.6 Å². The Morgan fingerprint density at radius 1 is 1.04 bits per heavy atom. The molecule has 1 aliphatic heterocycles. The number of Topliss-reactive ketones (excluding diaryl/α,β-unsaturated/α-hetero) is 1. The summed E-state index contributed by atoms with van der Waals surface area (Å²) < 4.78 is 10.4. The monoisotopic (exact) mass is 383 g/mol. The van der Waals surface area contributed by atoms with Gasteiger partial charge in [0.05, 0.1) is 14.2 Å². The zero-order valence-corrected chi connectivity index (χ0v) is 16.4. The first-order valence-corrected chi connectivity index (χ1v) is 9.15. The van der Waals surface area contributed by atoms with Crippen LogP contribution in [0, 0.1) is 0 Å². The summed E-state index contributed by atoms with van der Waals surface area (Å²) in [6.07, 6.45) is 0.354. The van der Waals surface area contributed by atoms with E-state index in [1.165, 1.54) is 0 Å². The fraction of sp³-hybridized carbons (Fsp3) is 0.333. The number of nitrogens with zero attached hydrogens (tertiary/aromatic N) is 2. The molecule has 3 rings (SSSR count). The van der Waals surface area contributed by atoms with Crippen LogP contribution in [-0.4, -0.2) is 57.6 Å². The minimum Gasteiger partial charge on any atom is -0.493 e. The third kappa shape index (κ3) is 4.19. The van der Waals surface area contributed by atoms with Gasteiger partial charge in [-0.15, -0.1) is 0 Å². The summed E-state index contributed by atoms with van der Waals surface area (Å²) in [6, 6.07) is 12.8. The second-order valence-electron chi connectivity index (χ2n) is 6.57. The molecule has 1 N–H and O–H groups in total. The van der Waals surface area contributed by atoms with Crippen molar-refractivity contribution in [2.75, 3.05) is 51.1 Å². The van der Waals surface area contributed by atoms with Crippen LogP contribution in [0.25, 0.3) is 0 Å². The maximum atomic E-state index is 12.4. The van der Waals surface area contributed by atoms with Gasteiger partial charge < -0.3 is 19.7 Å². The van der Waals surface area contributed by atoms with Crippen LogP contribution in [0.2, 0.25) is 0 Å². The Morgan fingerprint density at radius 3 is 2.36 bits per heavy atom. The summed E-state index contributed by atoms with van der Waals surface area (Å²) in [4.78, 5) is 27.9. The molecule has 0 bridgehead atoms. The Labute approximate surface area is 164 Å².